The van der Waals surface area contributed by atoms with Gasteiger partial charge in [0.15, 0.2) is 0 Å². The summed E-state index contributed by atoms with van der Waals surface area (Å²) in [5.41, 5.74) is -0.0688. The fourth-order valence-electron chi connectivity index (χ4n) is 5.43. The van der Waals surface area contributed by atoms with Crippen LogP contribution >= 0.6 is 12.4 Å². The molecule has 2 aliphatic heterocycles. The van der Waals surface area contributed by atoms with Gasteiger partial charge in [-0.1, -0.05) is 26.7 Å². The van der Waals surface area contributed by atoms with Crippen molar-refractivity contribution in [3.8, 4) is 0 Å². The summed E-state index contributed by atoms with van der Waals surface area (Å²) in [6.45, 7) is 9.04. The minimum absolute atomic E-state index is 0. The van der Waals surface area contributed by atoms with Crippen molar-refractivity contribution in [2.45, 2.75) is 77.8 Å². The molecule has 1 amide bonds. The summed E-state index contributed by atoms with van der Waals surface area (Å²) in [4.78, 5) is 15.5. The molecule has 0 bridgehead atoms. The molecule has 7 heteroatoms. The maximum Gasteiger partial charge on any atom is 0.228 e. The van der Waals surface area contributed by atoms with Crippen LogP contribution in [0.3, 0.4) is 0 Å². The van der Waals surface area contributed by atoms with Gasteiger partial charge in [0.1, 0.15) is 11.6 Å². The van der Waals surface area contributed by atoms with Crippen LogP contribution < -0.4 is 5.32 Å². The lowest BCUT2D eigenvalue weighted by Crippen LogP contribution is -2.47. The largest absolute Gasteiger partial charge is 0.342 e. The Balaban J connectivity index is 0.00000210. The average Bonchev–Trinajstić information content (AvgIpc) is 3.28. The van der Waals surface area contributed by atoms with E-state index in [0.717, 1.165) is 76.5 Å². The van der Waals surface area contributed by atoms with E-state index in [-0.39, 0.29) is 17.8 Å². The first kappa shape index (κ1) is 20.6. The molecule has 0 spiro atoms. The van der Waals surface area contributed by atoms with Gasteiger partial charge >= 0.3 is 0 Å². The van der Waals surface area contributed by atoms with E-state index < -0.39 is 0 Å². The molecule has 4 rings (SSSR count). The van der Waals surface area contributed by atoms with Gasteiger partial charge in [-0.3, -0.25) is 4.79 Å². The van der Waals surface area contributed by atoms with Crippen LogP contribution in [0.1, 0.15) is 76.4 Å². The number of likely N-dealkylation sites (tertiary alicyclic amines) is 1. The maximum absolute atomic E-state index is 13.4. The molecule has 1 saturated carbocycles. The Morgan fingerprint density at radius 3 is 2.56 bits per heavy atom. The molecule has 3 aliphatic rings. The Hall–Kier alpha value is -1.14. The lowest BCUT2D eigenvalue weighted by molar-refractivity contribution is -0.144. The molecule has 2 fully saturated rings. The molecule has 0 radical (unpaired) electrons. The number of fused-ring (bicyclic) bond motifs is 1. The monoisotopic (exact) mass is 395 g/mol. The molecule has 1 aromatic rings. The van der Waals surface area contributed by atoms with Crippen LogP contribution in [0.25, 0.3) is 0 Å². The number of rotatable bonds is 4. The fourth-order valence-corrected chi connectivity index (χ4v) is 5.43. The maximum atomic E-state index is 13.4. The second-order valence-electron chi connectivity index (χ2n) is 8.95. The van der Waals surface area contributed by atoms with Crippen molar-refractivity contribution in [1.29, 1.82) is 0 Å². The van der Waals surface area contributed by atoms with E-state index in [1.165, 1.54) is 12.8 Å². The van der Waals surface area contributed by atoms with Gasteiger partial charge in [0.05, 0.1) is 6.54 Å². The molecule has 1 N–H and O–H groups in total. The van der Waals surface area contributed by atoms with E-state index in [9.17, 15) is 4.79 Å². The van der Waals surface area contributed by atoms with Gasteiger partial charge in [-0.25, -0.2) is 0 Å². The van der Waals surface area contributed by atoms with Gasteiger partial charge in [-0.05, 0) is 38.0 Å². The van der Waals surface area contributed by atoms with Crippen LogP contribution in [-0.2, 0) is 17.9 Å². The lowest BCUT2D eigenvalue weighted by atomic mass is 9.76. The third-order valence-electron chi connectivity index (χ3n) is 6.61. The molecule has 1 saturated heterocycles. The van der Waals surface area contributed by atoms with E-state index in [4.69, 9.17) is 0 Å². The van der Waals surface area contributed by atoms with Gasteiger partial charge in [-0.2, -0.15) is 0 Å². The summed E-state index contributed by atoms with van der Waals surface area (Å²) in [5.74, 6) is 3.68. The Bertz CT molecular complexity index is 645. The van der Waals surface area contributed by atoms with Gasteiger partial charge in [0, 0.05) is 37.5 Å². The molecular weight excluding hydrogens is 362 g/mol. The number of halogens is 1. The SMILES string of the molecule is CC(C)CC1(C(=O)N2CCC(c3nnc4n3CCNC4)CC2)CCCC1.Cl. The first-order chi connectivity index (χ1) is 12.6. The highest BCUT2D eigenvalue weighted by Crippen LogP contribution is 2.45. The Morgan fingerprint density at radius 2 is 1.89 bits per heavy atom. The molecule has 0 aromatic carbocycles. The molecule has 6 nitrogen and oxygen atoms in total. The van der Waals surface area contributed by atoms with Crippen molar-refractivity contribution >= 4 is 18.3 Å². The van der Waals surface area contributed by atoms with Crippen molar-refractivity contribution in [2.24, 2.45) is 11.3 Å². The topological polar surface area (TPSA) is 63.1 Å². The Labute approximate surface area is 168 Å². The summed E-state index contributed by atoms with van der Waals surface area (Å²) in [6, 6.07) is 0. The number of carbonyl (C=O) groups excluding carboxylic acids is 1. The summed E-state index contributed by atoms with van der Waals surface area (Å²) in [6.07, 6.45) is 7.72. The first-order valence-electron chi connectivity index (χ1n) is 10.5. The van der Waals surface area contributed by atoms with Crippen molar-refractivity contribution in [3.05, 3.63) is 11.6 Å². The summed E-state index contributed by atoms with van der Waals surface area (Å²) in [5, 5.41) is 12.2. The molecule has 0 unspecified atom stereocenters. The predicted octanol–water partition coefficient (Wildman–Crippen LogP) is 3.12. The van der Waals surface area contributed by atoms with Gasteiger partial charge in [0.2, 0.25) is 5.91 Å². The van der Waals surface area contributed by atoms with Crippen LogP contribution in [0.4, 0.5) is 0 Å². The fraction of sp³-hybridized carbons (Fsp3) is 0.850. The first-order valence-corrected chi connectivity index (χ1v) is 10.5. The summed E-state index contributed by atoms with van der Waals surface area (Å²) < 4.78 is 2.30. The predicted molar refractivity (Wildman–Crippen MR) is 108 cm³/mol. The second kappa shape index (κ2) is 8.48. The third kappa shape index (κ3) is 4.02. The minimum Gasteiger partial charge on any atom is -0.342 e. The number of hydrogen-bond donors (Lipinski definition) is 1. The number of piperidine rings is 1. The van der Waals surface area contributed by atoms with Gasteiger partial charge < -0.3 is 14.8 Å². The molecule has 1 aromatic heterocycles. The van der Waals surface area contributed by atoms with E-state index in [1.807, 2.05) is 0 Å². The Kier molecular flexibility index (Phi) is 6.46. The number of nitrogens with zero attached hydrogens (tertiary/aromatic N) is 4. The molecule has 1 aliphatic carbocycles. The summed E-state index contributed by atoms with van der Waals surface area (Å²) >= 11 is 0. The highest BCUT2D eigenvalue weighted by atomic mass is 35.5. The molecular formula is C20H34ClN5O. The number of nitrogens with one attached hydrogen (secondary N) is 1. The number of amides is 1. The molecule has 3 heterocycles. The zero-order valence-electron chi connectivity index (χ0n) is 16.7. The number of carbonyl (C=O) groups is 1. The zero-order valence-corrected chi connectivity index (χ0v) is 17.6. The number of aromatic nitrogens is 3. The van der Waals surface area contributed by atoms with Gasteiger partial charge in [0.25, 0.3) is 0 Å². The summed E-state index contributed by atoms with van der Waals surface area (Å²) in [7, 11) is 0. The van der Waals surface area contributed by atoms with E-state index >= 15 is 0 Å². The quantitative estimate of drug-likeness (QED) is 0.850. The van der Waals surface area contributed by atoms with Gasteiger partial charge in [-0.15, -0.1) is 22.6 Å². The van der Waals surface area contributed by atoms with Crippen LogP contribution in [-0.4, -0.2) is 45.2 Å². The highest BCUT2D eigenvalue weighted by molar-refractivity contribution is 5.85. The van der Waals surface area contributed by atoms with Crippen molar-refractivity contribution in [1.82, 2.24) is 25.0 Å². The third-order valence-corrected chi connectivity index (χ3v) is 6.61. The highest BCUT2D eigenvalue weighted by Gasteiger charge is 2.44. The van der Waals surface area contributed by atoms with Crippen molar-refractivity contribution in [3.63, 3.8) is 0 Å². The second-order valence-corrected chi connectivity index (χ2v) is 8.95. The van der Waals surface area contributed by atoms with Crippen LogP contribution in [0.5, 0.6) is 0 Å². The smallest absolute Gasteiger partial charge is 0.228 e. The van der Waals surface area contributed by atoms with E-state index in [1.54, 1.807) is 0 Å². The minimum atomic E-state index is -0.0688. The van der Waals surface area contributed by atoms with Crippen LogP contribution in [0, 0.1) is 11.3 Å². The number of hydrogen-bond acceptors (Lipinski definition) is 4. The standard InChI is InChI=1S/C20H33N5O.ClH/c1-15(2)13-20(7-3-4-8-20)19(26)24-10-5-16(6-11-24)18-23-22-17-14-21-9-12-25(17)18;/h15-16,21H,3-14H2,1-2H3;1H. The van der Waals surface area contributed by atoms with E-state index in [0.29, 0.717) is 17.7 Å². The Morgan fingerprint density at radius 1 is 1.19 bits per heavy atom. The average molecular weight is 396 g/mol. The van der Waals surface area contributed by atoms with Crippen molar-refractivity contribution < 1.29 is 4.79 Å². The van der Waals surface area contributed by atoms with Crippen molar-refractivity contribution in [2.75, 3.05) is 19.6 Å². The molecule has 152 valence electrons. The van der Waals surface area contributed by atoms with Crippen LogP contribution in [0.15, 0.2) is 0 Å². The molecule has 0 atom stereocenters. The molecule has 27 heavy (non-hydrogen) atoms. The zero-order chi connectivity index (χ0) is 18.1. The normalized spacial score (nSPS) is 22.6. The van der Waals surface area contributed by atoms with Crippen LogP contribution in [0.2, 0.25) is 0 Å². The van der Waals surface area contributed by atoms with E-state index in [2.05, 4.69) is 38.8 Å². The lowest BCUT2D eigenvalue weighted by Gasteiger charge is -2.39.